The van der Waals surface area contributed by atoms with Crippen LogP contribution >= 0.6 is 0 Å². The fraction of sp³-hybridized carbons (Fsp3) is 0.970. The standard InChI is InChI=1S/C33H66O2.K/c1-2-3-4-5-6-7-8-9-10-11-12-13-14-15-16-17-18-19-20-21-22-23-24-25-26-27-28-29-30-31-32-33(34)35;/h2-32H2,1H3,(H,34,35);/q;+1/p-1. The van der Waals surface area contributed by atoms with E-state index in [1.807, 2.05) is 0 Å². The van der Waals surface area contributed by atoms with Crippen molar-refractivity contribution in [3.8, 4) is 0 Å². The van der Waals surface area contributed by atoms with Gasteiger partial charge >= 0.3 is 51.4 Å². The Morgan fingerprint density at radius 3 is 0.694 bits per heavy atom. The number of rotatable bonds is 31. The average molecular weight is 533 g/mol. The van der Waals surface area contributed by atoms with Gasteiger partial charge < -0.3 is 9.90 Å². The number of carboxylic acid groups (broad SMARTS) is 1. The number of unbranched alkanes of at least 4 members (excludes halogenated alkanes) is 29. The summed E-state index contributed by atoms with van der Waals surface area (Å²) in [7, 11) is 0. The SMILES string of the molecule is CCCCCCCCCCCCCCCCCCCCCCCCCCCCCCCCC(=O)[O-].[K+]. The molecule has 0 spiro atoms. The Kier molecular flexibility index (Phi) is 39.4. The molecule has 0 saturated carbocycles. The summed E-state index contributed by atoms with van der Waals surface area (Å²) < 4.78 is 0. The second-order valence-corrected chi connectivity index (χ2v) is 11.4. The summed E-state index contributed by atoms with van der Waals surface area (Å²) >= 11 is 0. The van der Waals surface area contributed by atoms with Gasteiger partial charge in [-0.05, 0) is 12.8 Å². The number of carboxylic acids is 1. The summed E-state index contributed by atoms with van der Waals surface area (Å²) in [5.41, 5.74) is 0. The molecule has 0 aromatic heterocycles. The molecular weight excluding hydrogens is 467 g/mol. The maximum Gasteiger partial charge on any atom is 1.00 e. The molecule has 0 saturated heterocycles. The largest absolute Gasteiger partial charge is 1.00 e. The van der Waals surface area contributed by atoms with E-state index in [2.05, 4.69) is 6.92 Å². The van der Waals surface area contributed by atoms with Crippen LogP contribution in [0.4, 0.5) is 0 Å². The van der Waals surface area contributed by atoms with Gasteiger partial charge in [0.25, 0.3) is 0 Å². The van der Waals surface area contributed by atoms with E-state index in [0.717, 1.165) is 12.8 Å². The van der Waals surface area contributed by atoms with Gasteiger partial charge in [0.05, 0.1) is 0 Å². The summed E-state index contributed by atoms with van der Waals surface area (Å²) in [5, 5.41) is 10.3. The fourth-order valence-corrected chi connectivity index (χ4v) is 5.29. The maximum atomic E-state index is 10.3. The Balaban J connectivity index is 0. The van der Waals surface area contributed by atoms with Crippen LogP contribution in [0.3, 0.4) is 0 Å². The van der Waals surface area contributed by atoms with Crippen LogP contribution in [0.2, 0.25) is 0 Å². The molecule has 0 unspecified atom stereocenters. The zero-order valence-electron chi connectivity index (χ0n) is 25.2. The first kappa shape index (κ1) is 39.3. The Bertz CT molecular complexity index is 399. The number of hydrogen-bond donors (Lipinski definition) is 0. The molecule has 0 aliphatic rings. The number of carbonyl (C=O) groups is 1. The molecule has 0 fully saturated rings. The van der Waals surface area contributed by atoms with E-state index in [9.17, 15) is 9.90 Å². The van der Waals surface area contributed by atoms with Gasteiger partial charge in [-0.15, -0.1) is 0 Å². The van der Waals surface area contributed by atoms with Gasteiger partial charge in [-0.1, -0.05) is 193 Å². The molecule has 0 bridgehead atoms. The van der Waals surface area contributed by atoms with Crippen LogP contribution in [0.5, 0.6) is 0 Å². The number of aliphatic carboxylic acids is 1. The molecule has 2 nitrogen and oxygen atoms in total. The molecule has 36 heavy (non-hydrogen) atoms. The summed E-state index contributed by atoms with van der Waals surface area (Å²) in [6.45, 7) is 2.30. The topological polar surface area (TPSA) is 40.1 Å². The van der Waals surface area contributed by atoms with Gasteiger partial charge in [-0.25, -0.2) is 0 Å². The van der Waals surface area contributed by atoms with E-state index in [1.54, 1.807) is 0 Å². The third kappa shape index (κ3) is 37.3. The van der Waals surface area contributed by atoms with Crippen molar-refractivity contribution in [2.45, 2.75) is 206 Å². The van der Waals surface area contributed by atoms with Gasteiger partial charge in [0.15, 0.2) is 0 Å². The molecule has 0 atom stereocenters. The first-order valence-electron chi connectivity index (χ1n) is 16.5. The molecule has 0 N–H and O–H groups in total. The first-order chi connectivity index (χ1) is 17.3. The van der Waals surface area contributed by atoms with Gasteiger partial charge in [-0.2, -0.15) is 0 Å². The van der Waals surface area contributed by atoms with Gasteiger partial charge in [0.2, 0.25) is 0 Å². The first-order valence-corrected chi connectivity index (χ1v) is 16.5. The number of hydrogen-bond acceptors (Lipinski definition) is 2. The number of carbonyl (C=O) groups excluding carboxylic acids is 1. The summed E-state index contributed by atoms with van der Waals surface area (Å²) in [6.07, 6.45) is 42.1. The third-order valence-electron chi connectivity index (χ3n) is 7.73. The molecule has 0 heterocycles. The van der Waals surface area contributed by atoms with Crippen LogP contribution in [-0.2, 0) is 4.79 Å². The minimum Gasteiger partial charge on any atom is -0.550 e. The Morgan fingerprint density at radius 1 is 0.361 bits per heavy atom. The summed E-state index contributed by atoms with van der Waals surface area (Å²) in [5.74, 6) is -0.898. The van der Waals surface area contributed by atoms with Crippen LogP contribution < -0.4 is 56.5 Å². The summed E-state index contributed by atoms with van der Waals surface area (Å²) in [6, 6.07) is 0. The van der Waals surface area contributed by atoms with Crippen LogP contribution in [0.25, 0.3) is 0 Å². The fourth-order valence-electron chi connectivity index (χ4n) is 5.29. The van der Waals surface area contributed by atoms with Crippen LogP contribution in [0.15, 0.2) is 0 Å². The van der Waals surface area contributed by atoms with Crippen molar-refractivity contribution < 1.29 is 61.3 Å². The predicted molar refractivity (Wildman–Crippen MR) is 154 cm³/mol. The zero-order valence-corrected chi connectivity index (χ0v) is 28.4. The molecule has 0 aliphatic carbocycles. The second kappa shape index (κ2) is 36.1. The van der Waals surface area contributed by atoms with Crippen molar-refractivity contribution in [3.63, 3.8) is 0 Å². The van der Waals surface area contributed by atoms with E-state index in [0.29, 0.717) is 0 Å². The van der Waals surface area contributed by atoms with Crippen molar-refractivity contribution in [2.24, 2.45) is 0 Å². The smallest absolute Gasteiger partial charge is 0.550 e. The molecule has 0 rings (SSSR count). The van der Waals surface area contributed by atoms with Crippen molar-refractivity contribution >= 4 is 5.97 Å². The van der Waals surface area contributed by atoms with E-state index >= 15 is 0 Å². The molecule has 0 aromatic rings. The zero-order chi connectivity index (χ0) is 25.5. The quantitative estimate of drug-likeness (QED) is 0.0673. The summed E-state index contributed by atoms with van der Waals surface area (Å²) in [4.78, 5) is 10.3. The molecular formula is C33H65KO2. The molecule has 0 amide bonds. The Labute approximate surface area is 270 Å². The van der Waals surface area contributed by atoms with Crippen LogP contribution in [0.1, 0.15) is 206 Å². The normalized spacial score (nSPS) is 11.0. The van der Waals surface area contributed by atoms with E-state index in [-0.39, 0.29) is 57.8 Å². The third-order valence-corrected chi connectivity index (χ3v) is 7.73. The predicted octanol–water partition coefficient (Wildman–Crippen LogP) is 7.85. The van der Waals surface area contributed by atoms with Gasteiger partial charge in [-0.3, -0.25) is 0 Å². The second-order valence-electron chi connectivity index (χ2n) is 11.4. The van der Waals surface area contributed by atoms with E-state index < -0.39 is 5.97 Å². The van der Waals surface area contributed by atoms with Crippen molar-refractivity contribution in [3.05, 3.63) is 0 Å². The van der Waals surface area contributed by atoms with Crippen molar-refractivity contribution in [1.82, 2.24) is 0 Å². The maximum absolute atomic E-state index is 10.3. The van der Waals surface area contributed by atoms with E-state index in [1.165, 1.54) is 180 Å². The van der Waals surface area contributed by atoms with Crippen molar-refractivity contribution in [2.75, 3.05) is 0 Å². The molecule has 0 aliphatic heterocycles. The molecule has 3 heteroatoms. The molecule has 210 valence electrons. The minimum atomic E-state index is -0.898. The monoisotopic (exact) mass is 532 g/mol. The van der Waals surface area contributed by atoms with Crippen LogP contribution in [-0.4, -0.2) is 5.97 Å². The van der Waals surface area contributed by atoms with Gasteiger partial charge in [0, 0.05) is 5.97 Å². The van der Waals surface area contributed by atoms with Crippen molar-refractivity contribution in [1.29, 1.82) is 0 Å². The molecule has 0 aromatic carbocycles. The molecule has 0 radical (unpaired) electrons. The Morgan fingerprint density at radius 2 is 0.528 bits per heavy atom. The minimum absolute atomic E-state index is 0. The van der Waals surface area contributed by atoms with Crippen LogP contribution in [0, 0.1) is 0 Å². The average Bonchev–Trinajstić information content (AvgIpc) is 2.85. The van der Waals surface area contributed by atoms with Gasteiger partial charge in [0.1, 0.15) is 0 Å². The van der Waals surface area contributed by atoms with E-state index in [4.69, 9.17) is 0 Å². The Hall–Kier alpha value is 1.11.